The Morgan fingerprint density at radius 2 is 1.95 bits per heavy atom. The second-order valence-corrected chi connectivity index (χ2v) is 5.30. The number of phenolic OH excluding ortho intramolecular Hbond substituents is 1. The number of carbonyl (C=O) groups is 1. The molecule has 0 fully saturated rings. The van der Waals surface area contributed by atoms with Gasteiger partial charge in [-0.25, -0.2) is 0 Å². The predicted octanol–water partition coefficient (Wildman–Crippen LogP) is 3.03. The van der Waals surface area contributed by atoms with Gasteiger partial charge in [0.2, 0.25) is 0 Å². The van der Waals surface area contributed by atoms with Crippen molar-refractivity contribution in [3.63, 3.8) is 0 Å². The third-order valence-electron chi connectivity index (χ3n) is 2.92. The molecular formula is C15H17NO2S. The van der Waals surface area contributed by atoms with E-state index in [4.69, 9.17) is 0 Å². The van der Waals surface area contributed by atoms with Gasteiger partial charge >= 0.3 is 0 Å². The number of rotatable bonds is 5. The number of amides is 1. The van der Waals surface area contributed by atoms with Gasteiger partial charge in [-0.2, -0.15) is 11.8 Å². The summed E-state index contributed by atoms with van der Waals surface area (Å²) in [5, 5.41) is 14.6. The van der Waals surface area contributed by atoms with Crippen LogP contribution in [0.3, 0.4) is 0 Å². The van der Waals surface area contributed by atoms with E-state index in [9.17, 15) is 9.90 Å². The van der Waals surface area contributed by atoms with Crippen LogP contribution < -0.4 is 5.32 Å². The molecule has 100 valence electrons. The highest BCUT2D eigenvalue weighted by molar-refractivity contribution is 7.98. The normalized spacial score (nSPS) is 10.6. The van der Waals surface area contributed by atoms with Crippen molar-refractivity contribution in [2.75, 3.05) is 18.6 Å². The molecule has 0 radical (unpaired) electrons. The van der Waals surface area contributed by atoms with Crippen molar-refractivity contribution in [1.29, 1.82) is 0 Å². The molecule has 3 nitrogen and oxygen atoms in total. The van der Waals surface area contributed by atoms with Crippen molar-refractivity contribution >= 4 is 28.4 Å². The largest absolute Gasteiger partial charge is 0.507 e. The molecule has 0 aliphatic heterocycles. The molecule has 0 aliphatic rings. The molecule has 0 saturated carbocycles. The minimum Gasteiger partial charge on any atom is -0.507 e. The quantitative estimate of drug-likeness (QED) is 0.825. The fourth-order valence-electron chi connectivity index (χ4n) is 1.92. The van der Waals surface area contributed by atoms with Gasteiger partial charge < -0.3 is 10.4 Å². The number of aromatic hydroxyl groups is 1. The molecule has 0 unspecified atom stereocenters. The van der Waals surface area contributed by atoms with E-state index in [1.165, 1.54) is 0 Å². The van der Waals surface area contributed by atoms with E-state index in [-0.39, 0.29) is 11.7 Å². The lowest BCUT2D eigenvalue weighted by Gasteiger charge is -2.08. The van der Waals surface area contributed by atoms with Crippen LogP contribution >= 0.6 is 11.8 Å². The maximum absolute atomic E-state index is 12.0. The molecule has 1 amide bonds. The Morgan fingerprint density at radius 1 is 1.26 bits per heavy atom. The monoisotopic (exact) mass is 275 g/mol. The summed E-state index contributed by atoms with van der Waals surface area (Å²) in [4.78, 5) is 12.0. The van der Waals surface area contributed by atoms with Gasteiger partial charge in [0.25, 0.3) is 5.91 Å². The fourth-order valence-corrected chi connectivity index (χ4v) is 2.36. The Hall–Kier alpha value is -1.68. The van der Waals surface area contributed by atoms with Gasteiger partial charge in [-0.1, -0.05) is 24.3 Å². The average Bonchev–Trinajstić information content (AvgIpc) is 2.42. The smallest absolute Gasteiger partial charge is 0.255 e. The summed E-state index contributed by atoms with van der Waals surface area (Å²) in [5.41, 5.74) is 0.336. The Bertz CT molecular complexity index is 583. The SMILES string of the molecule is CSCCCNC(=O)c1cc2ccccc2cc1O. The molecule has 19 heavy (non-hydrogen) atoms. The molecule has 4 heteroatoms. The Kier molecular flexibility index (Phi) is 4.68. The molecule has 0 saturated heterocycles. The van der Waals surface area contributed by atoms with Crippen LogP contribution in [0.15, 0.2) is 36.4 Å². The number of hydrogen-bond donors (Lipinski definition) is 2. The number of carbonyl (C=O) groups excluding carboxylic acids is 1. The lowest BCUT2D eigenvalue weighted by Crippen LogP contribution is -2.24. The van der Waals surface area contributed by atoms with Crippen LogP contribution in [0, 0.1) is 0 Å². The van der Waals surface area contributed by atoms with Crippen molar-refractivity contribution in [1.82, 2.24) is 5.32 Å². The Balaban J connectivity index is 2.15. The number of nitrogens with one attached hydrogen (secondary N) is 1. The predicted molar refractivity (Wildman–Crippen MR) is 80.9 cm³/mol. The minimum atomic E-state index is -0.218. The van der Waals surface area contributed by atoms with Gasteiger partial charge in [-0.05, 0) is 41.3 Å². The van der Waals surface area contributed by atoms with Crippen LogP contribution in [0.2, 0.25) is 0 Å². The van der Waals surface area contributed by atoms with Gasteiger partial charge in [-0.15, -0.1) is 0 Å². The summed E-state index contributed by atoms with van der Waals surface area (Å²) in [6.45, 7) is 0.631. The van der Waals surface area contributed by atoms with Crippen LogP contribution in [-0.4, -0.2) is 29.6 Å². The van der Waals surface area contributed by atoms with E-state index in [0.29, 0.717) is 12.1 Å². The van der Waals surface area contributed by atoms with E-state index < -0.39 is 0 Å². The molecule has 0 aromatic heterocycles. The number of benzene rings is 2. The molecule has 2 aromatic carbocycles. The van der Waals surface area contributed by atoms with E-state index in [0.717, 1.165) is 22.9 Å². The van der Waals surface area contributed by atoms with Gasteiger partial charge in [0.15, 0.2) is 0 Å². The van der Waals surface area contributed by atoms with Crippen molar-refractivity contribution in [3.05, 3.63) is 42.0 Å². The minimum absolute atomic E-state index is 0.0288. The highest BCUT2D eigenvalue weighted by Crippen LogP contribution is 2.24. The van der Waals surface area contributed by atoms with Crippen LogP contribution in [0.5, 0.6) is 5.75 Å². The number of fused-ring (bicyclic) bond motifs is 1. The zero-order valence-electron chi connectivity index (χ0n) is 10.8. The zero-order chi connectivity index (χ0) is 13.7. The summed E-state index contributed by atoms with van der Waals surface area (Å²) in [5.74, 6) is 0.828. The van der Waals surface area contributed by atoms with Crippen LogP contribution in [-0.2, 0) is 0 Å². The number of phenols is 1. The van der Waals surface area contributed by atoms with Crippen LogP contribution in [0.25, 0.3) is 10.8 Å². The Labute approximate surface area is 117 Å². The third-order valence-corrected chi connectivity index (χ3v) is 3.62. The van der Waals surface area contributed by atoms with Crippen molar-refractivity contribution in [2.45, 2.75) is 6.42 Å². The second kappa shape index (κ2) is 6.48. The van der Waals surface area contributed by atoms with Gasteiger partial charge in [0.05, 0.1) is 5.56 Å². The van der Waals surface area contributed by atoms with E-state index in [1.54, 1.807) is 23.9 Å². The van der Waals surface area contributed by atoms with E-state index in [2.05, 4.69) is 5.32 Å². The molecule has 0 bridgehead atoms. The molecule has 0 heterocycles. The van der Waals surface area contributed by atoms with Crippen molar-refractivity contribution in [2.24, 2.45) is 0 Å². The first-order valence-electron chi connectivity index (χ1n) is 6.21. The molecule has 0 spiro atoms. The topological polar surface area (TPSA) is 49.3 Å². The summed E-state index contributed by atoms with van der Waals surface area (Å²) < 4.78 is 0. The number of thioether (sulfide) groups is 1. The molecular weight excluding hydrogens is 258 g/mol. The summed E-state index contributed by atoms with van der Waals surface area (Å²) in [6.07, 6.45) is 2.97. The highest BCUT2D eigenvalue weighted by Gasteiger charge is 2.11. The van der Waals surface area contributed by atoms with Gasteiger partial charge in [0, 0.05) is 6.54 Å². The summed E-state index contributed by atoms with van der Waals surface area (Å²) >= 11 is 1.75. The van der Waals surface area contributed by atoms with Crippen LogP contribution in [0.1, 0.15) is 16.8 Å². The van der Waals surface area contributed by atoms with E-state index >= 15 is 0 Å². The molecule has 2 N–H and O–H groups in total. The molecule has 0 atom stereocenters. The lowest BCUT2D eigenvalue weighted by atomic mass is 10.1. The van der Waals surface area contributed by atoms with Crippen molar-refractivity contribution < 1.29 is 9.90 Å². The summed E-state index contributed by atoms with van der Waals surface area (Å²) in [6, 6.07) is 11.0. The third kappa shape index (κ3) is 3.41. The maximum atomic E-state index is 12.0. The molecule has 2 rings (SSSR count). The van der Waals surface area contributed by atoms with Gasteiger partial charge in [-0.3, -0.25) is 4.79 Å². The Morgan fingerprint density at radius 3 is 2.63 bits per heavy atom. The first-order valence-corrected chi connectivity index (χ1v) is 7.60. The fraction of sp³-hybridized carbons (Fsp3) is 0.267. The standard InChI is InChI=1S/C15H17NO2S/c1-19-8-4-7-16-15(18)13-9-11-5-2-3-6-12(11)10-14(13)17/h2-3,5-6,9-10,17H,4,7-8H2,1H3,(H,16,18). The molecule has 0 aliphatic carbocycles. The highest BCUT2D eigenvalue weighted by atomic mass is 32.2. The maximum Gasteiger partial charge on any atom is 0.255 e. The zero-order valence-corrected chi connectivity index (χ0v) is 11.7. The first kappa shape index (κ1) is 13.7. The molecule has 2 aromatic rings. The van der Waals surface area contributed by atoms with Crippen LogP contribution in [0.4, 0.5) is 0 Å². The van der Waals surface area contributed by atoms with E-state index in [1.807, 2.05) is 30.5 Å². The first-order chi connectivity index (χ1) is 9.22. The summed E-state index contributed by atoms with van der Waals surface area (Å²) in [7, 11) is 0. The number of hydrogen-bond acceptors (Lipinski definition) is 3. The van der Waals surface area contributed by atoms with Gasteiger partial charge in [0.1, 0.15) is 5.75 Å². The average molecular weight is 275 g/mol. The lowest BCUT2D eigenvalue weighted by molar-refractivity contribution is 0.0951. The second-order valence-electron chi connectivity index (χ2n) is 4.32. The van der Waals surface area contributed by atoms with Crippen molar-refractivity contribution in [3.8, 4) is 5.75 Å².